The summed E-state index contributed by atoms with van der Waals surface area (Å²) >= 11 is 6.46. The van der Waals surface area contributed by atoms with E-state index >= 15 is 0 Å². The molecule has 1 aromatic carbocycles. The van der Waals surface area contributed by atoms with Crippen LogP contribution in [0.1, 0.15) is 45.1 Å². The summed E-state index contributed by atoms with van der Waals surface area (Å²) in [5, 5.41) is 12.6. The second kappa shape index (κ2) is 8.53. The fourth-order valence-electron chi connectivity index (χ4n) is 4.57. The van der Waals surface area contributed by atoms with Crippen molar-refractivity contribution < 1.29 is 5.11 Å². The third-order valence-corrected chi connectivity index (χ3v) is 6.70. The molecule has 160 valence electrons. The van der Waals surface area contributed by atoms with Crippen molar-refractivity contribution in [3.63, 3.8) is 0 Å². The number of hydrogen-bond acceptors (Lipinski definition) is 5. The van der Waals surface area contributed by atoms with E-state index in [1.54, 1.807) is 6.20 Å². The summed E-state index contributed by atoms with van der Waals surface area (Å²) in [4.78, 5) is 10.8. The number of aliphatic hydroxyl groups is 1. The van der Waals surface area contributed by atoms with Crippen LogP contribution >= 0.6 is 11.6 Å². The van der Waals surface area contributed by atoms with Gasteiger partial charge in [-0.2, -0.15) is 0 Å². The molecule has 3 aromatic rings. The number of rotatable bonds is 7. The van der Waals surface area contributed by atoms with Crippen LogP contribution in [0.25, 0.3) is 22.2 Å². The number of fused-ring (bicyclic) bond motifs is 1. The molecule has 1 aliphatic carbocycles. The lowest BCUT2D eigenvalue weighted by atomic mass is 9.91. The molecule has 0 amide bonds. The van der Waals surface area contributed by atoms with Gasteiger partial charge in [-0.1, -0.05) is 44.4 Å². The first-order valence-electron chi connectivity index (χ1n) is 10.8. The quantitative estimate of drug-likeness (QED) is 0.582. The average molecular weight is 428 g/mol. The molecule has 3 N–H and O–H groups in total. The lowest BCUT2D eigenvalue weighted by Gasteiger charge is -2.23. The molecule has 0 saturated heterocycles. The molecule has 1 aliphatic rings. The van der Waals surface area contributed by atoms with Crippen LogP contribution in [0.5, 0.6) is 0 Å². The summed E-state index contributed by atoms with van der Waals surface area (Å²) in [6, 6.07) is 6.30. The Kier molecular flexibility index (Phi) is 6.00. The lowest BCUT2D eigenvalue weighted by molar-refractivity contribution is 0.0446. The fraction of sp³-hybridized carbons (Fsp3) is 0.478. The highest BCUT2D eigenvalue weighted by atomic mass is 35.5. The normalized spacial score (nSPS) is 16.0. The largest absolute Gasteiger partial charge is 0.385 e. The molecule has 0 radical (unpaired) electrons. The van der Waals surface area contributed by atoms with Gasteiger partial charge in [-0.3, -0.25) is 0 Å². The van der Waals surface area contributed by atoms with Crippen LogP contribution < -0.4 is 5.73 Å². The molecular weight excluding hydrogens is 398 g/mol. The highest BCUT2D eigenvalue weighted by molar-refractivity contribution is 6.33. The summed E-state index contributed by atoms with van der Waals surface area (Å²) in [6.07, 6.45) is 7.37. The average Bonchev–Trinajstić information content (AvgIpc) is 3.35. The standard InChI is InChI=1S/C23H30ClN5O/c1-3-28(4-2)11-12-29-15-18(21-19(24)14-26-22(25)27-21)17-13-16(7-8-20(17)29)23(30)9-5-6-10-23/h7-8,13-15,30H,3-6,9-12H2,1-2H3,(H2,25,26,27). The zero-order chi connectivity index (χ0) is 21.3. The van der Waals surface area contributed by atoms with Crippen molar-refractivity contribution in [1.29, 1.82) is 0 Å². The third-order valence-electron chi connectivity index (χ3n) is 6.42. The van der Waals surface area contributed by atoms with Gasteiger partial charge in [0.25, 0.3) is 0 Å². The number of halogens is 1. The smallest absolute Gasteiger partial charge is 0.220 e. The van der Waals surface area contributed by atoms with Crippen LogP contribution in [0.2, 0.25) is 5.02 Å². The third kappa shape index (κ3) is 3.92. The summed E-state index contributed by atoms with van der Waals surface area (Å²) in [5.41, 5.74) is 8.75. The van der Waals surface area contributed by atoms with Crippen molar-refractivity contribution in [3.05, 3.63) is 41.2 Å². The second-order valence-corrected chi connectivity index (χ2v) is 8.57. The van der Waals surface area contributed by atoms with E-state index in [0.717, 1.165) is 73.9 Å². The molecule has 2 heterocycles. The van der Waals surface area contributed by atoms with Gasteiger partial charge in [0.1, 0.15) is 0 Å². The molecule has 6 nitrogen and oxygen atoms in total. The Morgan fingerprint density at radius 2 is 1.97 bits per heavy atom. The zero-order valence-corrected chi connectivity index (χ0v) is 18.5. The number of benzene rings is 1. The Balaban J connectivity index is 1.84. The molecular formula is C23H30ClN5O. The number of nitrogens with two attached hydrogens (primary N) is 1. The van der Waals surface area contributed by atoms with E-state index < -0.39 is 5.60 Å². The molecule has 1 saturated carbocycles. The molecule has 2 aromatic heterocycles. The first-order valence-corrected chi connectivity index (χ1v) is 11.2. The first kappa shape index (κ1) is 21.1. The van der Waals surface area contributed by atoms with Gasteiger partial charge in [-0.25, -0.2) is 9.97 Å². The summed E-state index contributed by atoms with van der Waals surface area (Å²) < 4.78 is 2.25. The first-order chi connectivity index (χ1) is 14.4. The Morgan fingerprint density at radius 1 is 1.23 bits per heavy atom. The second-order valence-electron chi connectivity index (χ2n) is 8.16. The Bertz CT molecular complexity index is 1040. The number of aromatic nitrogens is 3. The van der Waals surface area contributed by atoms with Crippen LogP contribution in [-0.4, -0.2) is 44.2 Å². The Hall–Kier alpha value is -2.15. The molecule has 1 fully saturated rings. The minimum Gasteiger partial charge on any atom is -0.385 e. The minimum atomic E-state index is -0.747. The molecule has 7 heteroatoms. The van der Waals surface area contributed by atoms with Crippen LogP contribution in [0.3, 0.4) is 0 Å². The molecule has 0 atom stereocenters. The maximum atomic E-state index is 11.1. The van der Waals surface area contributed by atoms with Crippen molar-refractivity contribution in [2.24, 2.45) is 0 Å². The van der Waals surface area contributed by atoms with Crippen molar-refractivity contribution >= 4 is 28.5 Å². The number of nitrogen functional groups attached to an aromatic ring is 1. The Morgan fingerprint density at radius 3 is 2.67 bits per heavy atom. The van der Waals surface area contributed by atoms with Gasteiger partial charge in [0.15, 0.2) is 0 Å². The van der Waals surface area contributed by atoms with E-state index in [4.69, 9.17) is 17.3 Å². The van der Waals surface area contributed by atoms with Crippen LogP contribution in [0, 0.1) is 0 Å². The van der Waals surface area contributed by atoms with Crippen molar-refractivity contribution in [2.75, 3.05) is 25.4 Å². The fourth-order valence-corrected chi connectivity index (χ4v) is 4.76. The highest BCUT2D eigenvalue weighted by Gasteiger charge is 2.33. The molecule has 4 rings (SSSR count). The van der Waals surface area contributed by atoms with E-state index in [1.165, 1.54) is 0 Å². The van der Waals surface area contributed by atoms with E-state index in [0.29, 0.717) is 10.7 Å². The molecule has 0 aliphatic heterocycles. The SMILES string of the molecule is CCN(CC)CCn1cc(-c2nc(N)ncc2Cl)c2cc(C3(O)CCCC3)ccc21. The van der Waals surface area contributed by atoms with E-state index in [1.807, 2.05) is 0 Å². The van der Waals surface area contributed by atoms with Crippen LogP contribution in [0.4, 0.5) is 5.95 Å². The van der Waals surface area contributed by atoms with Crippen molar-refractivity contribution in [1.82, 2.24) is 19.4 Å². The van der Waals surface area contributed by atoms with Gasteiger partial charge >= 0.3 is 0 Å². The monoisotopic (exact) mass is 427 g/mol. The van der Waals surface area contributed by atoms with Crippen LogP contribution in [-0.2, 0) is 12.1 Å². The van der Waals surface area contributed by atoms with Gasteiger partial charge in [0.2, 0.25) is 5.95 Å². The molecule has 30 heavy (non-hydrogen) atoms. The van der Waals surface area contributed by atoms with E-state index in [-0.39, 0.29) is 5.95 Å². The van der Waals surface area contributed by atoms with E-state index in [9.17, 15) is 5.11 Å². The molecule has 0 bridgehead atoms. The number of hydrogen-bond donors (Lipinski definition) is 2. The lowest BCUT2D eigenvalue weighted by Crippen LogP contribution is -2.26. The summed E-state index contributed by atoms with van der Waals surface area (Å²) in [5.74, 6) is 0.198. The zero-order valence-electron chi connectivity index (χ0n) is 17.7. The maximum Gasteiger partial charge on any atom is 0.220 e. The van der Waals surface area contributed by atoms with Gasteiger partial charge in [-0.05, 0) is 43.6 Å². The predicted molar refractivity (Wildman–Crippen MR) is 123 cm³/mol. The Labute approximate surface area is 182 Å². The van der Waals surface area contributed by atoms with E-state index in [2.05, 4.69) is 57.7 Å². The predicted octanol–water partition coefficient (Wildman–Crippen LogP) is 4.44. The van der Waals surface area contributed by atoms with Gasteiger partial charge in [0.05, 0.1) is 22.5 Å². The van der Waals surface area contributed by atoms with Gasteiger partial charge < -0.3 is 20.3 Å². The summed E-state index contributed by atoms with van der Waals surface area (Å²) in [6.45, 7) is 8.23. The van der Waals surface area contributed by atoms with Crippen LogP contribution in [0.15, 0.2) is 30.6 Å². The number of anilines is 1. The van der Waals surface area contributed by atoms with Gasteiger partial charge in [0, 0.05) is 35.8 Å². The minimum absolute atomic E-state index is 0.198. The highest BCUT2D eigenvalue weighted by Crippen LogP contribution is 2.41. The summed E-state index contributed by atoms with van der Waals surface area (Å²) in [7, 11) is 0. The van der Waals surface area contributed by atoms with Crippen molar-refractivity contribution in [2.45, 2.75) is 51.7 Å². The number of likely N-dealkylation sites (N-methyl/N-ethyl adjacent to an activating group) is 1. The van der Waals surface area contributed by atoms with Gasteiger partial charge in [-0.15, -0.1) is 0 Å². The number of nitrogens with zero attached hydrogens (tertiary/aromatic N) is 4. The molecule has 0 spiro atoms. The van der Waals surface area contributed by atoms with Crippen molar-refractivity contribution in [3.8, 4) is 11.3 Å². The molecule has 0 unspecified atom stereocenters. The topological polar surface area (TPSA) is 80.2 Å². The maximum absolute atomic E-state index is 11.1.